The average molecular weight is 329 g/mol. The van der Waals surface area contributed by atoms with Crippen LogP contribution in [0.2, 0.25) is 0 Å². The third-order valence-corrected chi connectivity index (χ3v) is 3.07. The van der Waals surface area contributed by atoms with Crippen molar-refractivity contribution in [1.29, 1.82) is 0 Å². The zero-order chi connectivity index (χ0) is 14.4. The minimum absolute atomic E-state index is 0.0293. The third-order valence-electron chi connectivity index (χ3n) is 2.58. The number of amides is 1. The van der Waals surface area contributed by atoms with Crippen molar-refractivity contribution >= 4 is 21.8 Å². The number of carbonyl (C=O) groups is 1. The third kappa shape index (κ3) is 4.84. The molecule has 1 amide bonds. The van der Waals surface area contributed by atoms with E-state index in [0.29, 0.717) is 17.9 Å². The van der Waals surface area contributed by atoms with Crippen LogP contribution < -0.4 is 10.1 Å². The molecular weight excluding hydrogens is 308 g/mol. The maximum atomic E-state index is 12.4. The van der Waals surface area contributed by atoms with Gasteiger partial charge in [0, 0.05) is 24.6 Å². The first-order chi connectivity index (χ1) is 8.95. The van der Waals surface area contributed by atoms with Crippen molar-refractivity contribution in [3.8, 4) is 5.75 Å². The predicted molar refractivity (Wildman–Crippen MR) is 80.8 cm³/mol. The maximum Gasteiger partial charge on any atom is 0.257 e. The highest BCUT2D eigenvalue weighted by molar-refractivity contribution is 9.10. The minimum Gasteiger partial charge on any atom is -0.490 e. The molecule has 0 saturated heterocycles. The Morgan fingerprint density at radius 2 is 2.16 bits per heavy atom. The summed E-state index contributed by atoms with van der Waals surface area (Å²) in [6.07, 6.45) is 0.0310. The molecule has 0 aliphatic rings. The number of hydrogen-bond acceptors (Lipinski definition) is 3. The van der Waals surface area contributed by atoms with Gasteiger partial charge in [0.1, 0.15) is 5.75 Å². The topological polar surface area (TPSA) is 41.6 Å². The van der Waals surface area contributed by atoms with Crippen LogP contribution in [0.25, 0.3) is 0 Å². The Labute approximate surface area is 123 Å². The monoisotopic (exact) mass is 328 g/mol. The standard InChI is InChI=1S/C14H21BrN2O2/c1-10(2)19-13-9-11(15)5-6-12(13)14(18)17(4)8-7-16-3/h5-6,9-10,16H,7-8H2,1-4H3. The fourth-order valence-electron chi connectivity index (χ4n) is 1.61. The van der Waals surface area contributed by atoms with E-state index >= 15 is 0 Å². The summed E-state index contributed by atoms with van der Waals surface area (Å²) in [4.78, 5) is 14.1. The molecule has 0 aromatic heterocycles. The van der Waals surface area contributed by atoms with Gasteiger partial charge in [-0.15, -0.1) is 0 Å². The lowest BCUT2D eigenvalue weighted by Gasteiger charge is -2.20. The average Bonchev–Trinajstić information content (AvgIpc) is 2.34. The number of benzene rings is 1. The number of likely N-dealkylation sites (N-methyl/N-ethyl adjacent to an activating group) is 2. The molecule has 4 nitrogen and oxygen atoms in total. The van der Waals surface area contributed by atoms with Crippen LogP contribution in [0.4, 0.5) is 0 Å². The van der Waals surface area contributed by atoms with Crippen molar-refractivity contribution in [3.63, 3.8) is 0 Å². The Kier molecular flexibility index (Phi) is 6.31. The maximum absolute atomic E-state index is 12.4. The zero-order valence-electron chi connectivity index (χ0n) is 11.9. The quantitative estimate of drug-likeness (QED) is 0.872. The molecule has 0 fully saturated rings. The molecule has 0 bridgehead atoms. The van der Waals surface area contributed by atoms with Crippen LogP contribution in [-0.2, 0) is 0 Å². The highest BCUT2D eigenvalue weighted by Gasteiger charge is 2.17. The van der Waals surface area contributed by atoms with E-state index < -0.39 is 0 Å². The fraction of sp³-hybridized carbons (Fsp3) is 0.500. The Hall–Kier alpha value is -1.07. The van der Waals surface area contributed by atoms with Gasteiger partial charge in [-0.3, -0.25) is 4.79 Å². The number of nitrogens with one attached hydrogen (secondary N) is 1. The Morgan fingerprint density at radius 1 is 1.47 bits per heavy atom. The van der Waals surface area contributed by atoms with Crippen LogP contribution in [0.5, 0.6) is 5.75 Å². The predicted octanol–water partition coefficient (Wildman–Crippen LogP) is 2.53. The Balaban J connectivity index is 2.94. The second-order valence-corrected chi connectivity index (χ2v) is 5.55. The molecule has 0 saturated carbocycles. The lowest BCUT2D eigenvalue weighted by Crippen LogP contribution is -2.33. The van der Waals surface area contributed by atoms with Crippen molar-refractivity contribution in [2.45, 2.75) is 20.0 Å². The van der Waals surface area contributed by atoms with Gasteiger partial charge in [-0.2, -0.15) is 0 Å². The van der Waals surface area contributed by atoms with E-state index in [0.717, 1.165) is 11.0 Å². The van der Waals surface area contributed by atoms with Crippen molar-refractivity contribution < 1.29 is 9.53 Å². The van der Waals surface area contributed by atoms with E-state index in [1.165, 1.54) is 0 Å². The van der Waals surface area contributed by atoms with Crippen LogP contribution >= 0.6 is 15.9 Å². The van der Waals surface area contributed by atoms with E-state index in [9.17, 15) is 4.79 Å². The molecule has 1 aromatic rings. The summed E-state index contributed by atoms with van der Waals surface area (Å²) in [5.74, 6) is 0.587. The highest BCUT2D eigenvalue weighted by atomic mass is 79.9. The lowest BCUT2D eigenvalue weighted by molar-refractivity contribution is 0.0790. The number of nitrogens with zero attached hydrogens (tertiary/aromatic N) is 1. The number of ether oxygens (including phenoxy) is 1. The van der Waals surface area contributed by atoms with Crippen LogP contribution in [0.1, 0.15) is 24.2 Å². The summed E-state index contributed by atoms with van der Waals surface area (Å²) in [5, 5.41) is 3.03. The molecule has 0 radical (unpaired) electrons. The number of carbonyl (C=O) groups excluding carboxylic acids is 1. The first kappa shape index (κ1) is 16.0. The van der Waals surface area contributed by atoms with Crippen molar-refractivity contribution in [3.05, 3.63) is 28.2 Å². The van der Waals surface area contributed by atoms with Gasteiger partial charge in [0.05, 0.1) is 11.7 Å². The fourth-order valence-corrected chi connectivity index (χ4v) is 1.95. The van der Waals surface area contributed by atoms with Crippen LogP contribution in [0, 0.1) is 0 Å². The van der Waals surface area contributed by atoms with E-state index in [2.05, 4.69) is 21.2 Å². The molecule has 0 aliphatic heterocycles. The molecule has 1 N–H and O–H groups in total. The second kappa shape index (κ2) is 7.50. The molecular formula is C14H21BrN2O2. The van der Waals surface area contributed by atoms with Gasteiger partial charge in [-0.1, -0.05) is 15.9 Å². The molecule has 0 atom stereocenters. The number of hydrogen-bond donors (Lipinski definition) is 1. The molecule has 106 valence electrons. The van der Waals surface area contributed by atoms with Gasteiger partial charge >= 0.3 is 0 Å². The molecule has 5 heteroatoms. The summed E-state index contributed by atoms with van der Waals surface area (Å²) in [6, 6.07) is 5.48. The first-order valence-electron chi connectivity index (χ1n) is 6.32. The van der Waals surface area contributed by atoms with E-state index in [1.54, 1.807) is 18.0 Å². The van der Waals surface area contributed by atoms with E-state index in [4.69, 9.17) is 4.74 Å². The van der Waals surface area contributed by atoms with Crippen LogP contribution in [0.15, 0.2) is 22.7 Å². The summed E-state index contributed by atoms with van der Waals surface area (Å²) in [5.41, 5.74) is 0.593. The molecule has 0 aliphatic carbocycles. The molecule has 0 heterocycles. The van der Waals surface area contributed by atoms with Gasteiger partial charge in [-0.05, 0) is 39.1 Å². The summed E-state index contributed by atoms with van der Waals surface area (Å²) >= 11 is 3.40. The summed E-state index contributed by atoms with van der Waals surface area (Å²) < 4.78 is 6.61. The summed E-state index contributed by atoms with van der Waals surface area (Å²) in [7, 11) is 3.66. The number of rotatable bonds is 6. The molecule has 0 spiro atoms. The van der Waals surface area contributed by atoms with Gasteiger partial charge in [0.15, 0.2) is 0 Å². The van der Waals surface area contributed by atoms with Gasteiger partial charge in [-0.25, -0.2) is 0 Å². The van der Waals surface area contributed by atoms with Gasteiger partial charge in [0.25, 0.3) is 5.91 Å². The lowest BCUT2D eigenvalue weighted by atomic mass is 10.1. The largest absolute Gasteiger partial charge is 0.490 e. The highest BCUT2D eigenvalue weighted by Crippen LogP contribution is 2.25. The van der Waals surface area contributed by atoms with Crippen molar-refractivity contribution in [1.82, 2.24) is 10.2 Å². The summed E-state index contributed by atoms with van der Waals surface area (Å²) in [6.45, 7) is 5.31. The smallest absolute Gasteiger partial charge is 0.257 e. The molecule has 19 heavy (non-hydrogen) atoms. The Morgan fingerprint density at radius 3 is 2.74 bits per heavy atom. The van der Waals surface area contributed by atoms with Crippen LogP contribution in [0.3, 0.4) is 0 Å². The zero-order valence-corrected chi connectivity index (χ0v) is 13.5. The van der Waals surface area contributed by atoms with E-state index in [-0.39, 0.29) is 12.0 Å². The normalized spacial score (nSPS) is 10.6. The molecule has 1 rings (SSSR count). The van der Waals surface area contributed by atoms with Gasteiger partial charge < -0.3 is 15.0 Å². The number of halogens is 1. The first-order valence-corrected chi connectivity index (χ1v) is 7.11. The van der Waals surface area contributed by atoms with Crippen molar-refractivity contribution in [2.24, 2.45) is 0 Å². The second-order valence-electron chi connectivity index (χ2n) is 4.64. The van der Waals surface area contributed by atoms with Crippen LogP contribution in [-0.4, -0.2) is 44.1 Å². The Bertz CT molecular complexity index is 435. The molecule has 1 aromatic carbocycles. The SMILES string of the molecule is CNCCN(C)C(=O)c1ccc(Br)cc1OC(C)C. The van der Waals surface area contributed by atoms with Crippen molar-refractivity contribution in [2.75, 3.05) is 27.2 Å². The van der Waals surface area contributed by atoms with E-state index in [1.807, 2.05) is 33.0 Å². The molecule has 0 unspecified atom stereocenters. The minimum atomic E-state index is -0.0293. The van der Waals surface area contributed by atoms with Gasteiger partial charge in [0.2, 0.25) is 0 Å².